The molecular weight excluding hydrogens is 146 g/mol. The second-order valence-electron chi connectivity index (χ2n) is 4.27. The van der Waals surface area contributed by atoms with Crippen molar-refractivity contribution in [3.05, 3.63) is 0 Å². The second kappa shape index (κ2) is 4.27. The number of hydrogen-bond donors (Lipinski definition) is 1. The maximum absolute atomic E-state index is 3.50. The van der Waals surface area contributed by atoms with Gasteiger partial charge in [0.25, 0.3) is 0 Å². The Kier molecular flexibility index (Phi) is 3.57. The van der Waals surface area contributed by atoms with E-state index in [1.807, 2.05) is 0 Å². The third kappa shape index (κ3) is 2.01. The van der Waals surface area contributed by atoms with Crippen LogP contribution in [0.1, 0.15) is 40.0 Å². The zero-order valence-corrected chi connectivity index (χ0v) is 8.93. The molecule has 12 heavy (non-hydrogen) atoms. The van der Waals surface area contributed by atoms with Crippen LogP contribution in [0.2, 0.25) is 0 Å². The van der Waals surface area contributed by atoms with Gasteiger partial charge in [-0.3, -0.25) is 0 Å². The van der Waals surface area contributed by atoms with Crippen molar-refractivity contribution >= 4 is 0 Å². The molecule has 1 saturated carbocycles. The normalized spacial score (nSPS) is 30.8. The molecule has 0 saturated heterocycles. The maximum Gasteiger partial charge on any atom is 0.0123 e. The average Bonchev–Trinajstić information content (AvgIpc) is 2.78. The van der Waals surface area contributed by atoms with Crippen LogP contribution in [0.15, 0.2) is 0 Å². The first kappa shape index (κ1) is 10.0. The van der Waals surface area contributed by atoms with Gasteiger partial charge in [0.05, 0.1) is 0 Å². The Morgan fingerprint density at radius 3 is 2.08 bits per heavy atom. The van der Waals surface area contributed by atoms with Gasteiger partial charge in [-0.1, -0.05) is 33.6 Å². The third-order valence-corrected chi connectivity index (χ3v) is 3.52. The standard InChI is InChI=1S/C11H23N/c1-5-9(6-2)11(12-4)10-7-8(10)3/h8-12H,5-7H2,1-4H3. The van der Waals surface area contributed by atoms with Crippen molar-refractivity contribution in [2.45, 2.75) is 46.1 Å². The Balaban J connectivity index is 2.42. The smallest absolute Gasteiger partial charge is 0.0123 e. The lowest BCUT2D eigenvalue weighted by Crippen LogP contribution is -2.35. The lowest BCUT2D eigenvalue weighted by molar-refractivity contribution is 0.311. The van der Waals surface area contributed by atoms with Crippen LogP contribution in [-0.4, -0.2) is 13.1 Å². The van der Waals surface area contributed by atoms with Gasteiger partial charge in [0.2, 0.25) is 0 Å². The molecule has 72 valence electrons. The zero-order valence-electron chi connectivity index (χ0n) is 8.93. The van der Waals surface area contributed by atoms with E-state index in [1.165, 1.54) is 19.3 Å². The van der Waals surface area contributed by atoms with Crippen molar-refractivity contribution < 1.29 is 0 Å². The Morgan fingerprint density at radius 1 is 1.33 bits per heavy atom. The van der Waals surface area contributed by atoms with Crippen LogP contribution in [0.25, 0.3) is 0 Å². The molecule has 0 aromatic heterocycles. The SMILES string of the molecule is CCC(CC)C(NC)C1CC1C. The van der Waals surface area contributed by atoms with Crippen molar-refractivity contribution in [3.8, 4) is 0 Å². The van der Waals surface area contributed by atoms with Crippen LogP contribution < -0.4 is 5.32 Å². The molecule has 1 fully saturated rings. The van der Waals surface area contributed by atoms with Crippen LogP contribution in [0, 0.1) is 17.8 Å². The molecule has 0 bridgehead atoms. The first-order valence-corrected chi connectivity index (χ1v) is 5.41. The lowest BCUT2D eigenvalue weighted by atomic mass is 9.90. The molecule has 3 unspecified atom stereocenters. The fourth-order valence-electron chi connectivity index (χ4n) is 2.45. The van der Waals surface area contributed by atoms with Crippen molar-refractivity contribution in [3.63, 3.8) is 0 Å². The highest BCUT2D eigenvalue weighted by atomic mass is 14.9. The fourth-order valence-corrected chi connectivity index (χ4v) is 2.45. The Labute approximate surface area is 76.9 Å². The summed E-state index contributed by atoms with van der Waals surface area (Å²) in [6.07, 6.45) is 4.10. The minimum Gasteiger partial charge on any atom is -0.316 e. The summed E-state index contributed by atoms with van der Waals surface area (Å²) in [7, 11) is 2.12. The Hall–Kier alpha value is -0.0400. The molecular formula is C11H23N. The molecule has 0 amide bonds. The van der Waals surface area contributed by atoms with Crippen molar-refractivity contribution in [2.24, 2.45) is 17.8 Å². The Morgan fingerprint density at radius 2 is 1.83 bits per heavy atom. The highest BCUT2D eigenvalue weighted by Gasteiger charge is 2.40. The van der Waals surface area contributed by atoms with Gasteiger partial charge in [-0.15, -0.1) is 0 Å². The molecule has 1 rings (SSSR count). The largest absolute Gasteiger partial charge is 0.316 e. The number of rotatable bonds is 5. The molecule has 0 radical (unpaired) electrons. The van der Waals surface area contributed by atoms with Crippen LogP contribution in [0.5, 0.6) is 0 Å². The summed E-state index contributed by atoms with van der Waals surface area (Å²) in [5.74, 6) is 2.84. The van der Waals surface area contributed by atoms with E-state index in [0.29, 0.717) is 0 Å². The third-order valence-electron chi connectivity index (χ3n) is 3.52. The van der Waals surface area contributed by atoms with Gasteiger partial charge < -0.3 is 5.32 Å². The van der Waals surface area contributed by atoms with Crippen molar-refractivity contribution in [1.82, 2.24) is 5.32 Å². The monoisotopic (exact) mass is 169 g/mol. The van der Waals surface area contributed by atoms with Gasteiger partial charge in [0, 0.05) is 6.04 Å². The molecule has 0 aliphatic heterocycles. The Bertz CT molecular complexity index is 129. The van der Waals surface area contributed by atoms with E-state index in [0.717, 1.165) is 23.8 Å². The van der Waals surface area contributed by atoms with Gasteiger partial charge in [0.1, 0.15) is 0 Å². The summed E-state index contributed by atoms with van der Waals surface area (Å²) >= 11 is 0. The van der Waals surface area contributed by atoms with E-state index in [1.54, 1.807) is 0 Å². The first-order chi connectivity index (χ1) is 5.74. The molecule has 1 aliphatic rings. The second-order valence-corrected chi connectivity index (χ2v) is 4.27. The summed E-state index contributed by atoms with van der Waals surface area (Å²) in [4.78, 5) is 0. The molecule has 0 aromatic carbocycles. The maximum atomic E-state index is 3.50. The number of nitrogens with one attached hydrogen (secondary N) is 1. The van der Waals surface area contributed by atoms with Crippen LogP contribution in [0.3, 0.4) is 0 Å². The van der Waals surface area contributed by atoms with Gasteiger partial charge in [0.15, 0.2) is 0 Å². The topological polar surface area (TPSA) is 12.0 Å². The van der Waals surface area contributed by atoms with Gasteiger partial charge in [-0.25, -0.2) is 0 Å². The van der Waals surface area contributed by atoms with Gasteiger partial charge in [-0.2, -0.15) is 0 Å². The van der Waals surface area contributed by atoms with Gasteiger partial charge >= 0.3 is 0 Å². The quantitative estimate of drug-likeness (QED) is 0.667. The molecule has 0 spiro atoms. The first-order valence-electron chi connectivity index (χ1n) is 5.41. The number of hydrogen-bond acceptors (Lipinski definition) is 1. The highest BCUT2D eigenvalue weighted by Crippen LogP contribution is 2.43. The van der Waals surface area contributed by atoms with Crippen molar-refractivity contribution in [2.75, 3.05) is 7.05 Å². The van der Waals surface area contributed by atoms with Gasteiger partial charge in [-0.05, 0) is 31.2 Å². The average molecular weight is 169 g/mol. The van der Waals surface area contributed by atoms with E-state index in [4.69, 9.17) is 0 Å². The molecule has 3 atom stereocenters. The van der Waals surface area contributed by atoms with Crippen LogP contribution >= 0.6 is 0 Å². The summed E-state index contributed by atoms with van der Waals surface area (Å²) in [5, 5.41) is 3.50. The highest BCUT2D eigenvalue weighted by molar-refractivity contribution is 4.94. The summed E-state index contributed by atoms with van der Waals surface area (Å²) in [6, 6.07) is 0.787. The minimum atomic E-state index is 0.787. The fraction of sp³-hybridized carbons (Fsp3) is 1.00. The van der Waals surface area contributed by atoms with E-state index < -0.39 is 0 Å². The molecule has 1 nitrogen and oxygen atoms in total. The van der Waals surface area contributed by atoms with Crippen LogP contribution in [0.4, 0.5) is 0 Å². The van der Waals surface area contributed by atoms with E-state index in [2.05, 4.69) is 33.1 Å². The summed E-state index contributed by atoms with van der Waals surface area (Å²) < 4.78 is 0. The van der Waals surface area contributed by atoms with E-state index in [9.17, 15) is 0 Å². The molecule has 1 heteroatoms. The molecule has 0 aromatic rings. The van der Waals surface area contributed by atoms with E-state index in [-0.39, 0.29) is 0 Å². The molecule has 1 aliphatic carbocycles. The lowest BCUT2D eigenvalue weighted by Gasteiger charge is -2.25. The zero-order chi connectivity index (χ0) is 9.14. The predicted molar refractivity (Wildman–Crippen MR) is 54.2 cm³/mol. The van der Waals surface area contributed by atoms with E-state index >= 15 is 0 Å². The van der Waals surface area contributed by atoms with Crippen LogP contribution in [-0.2, 0) is 0 Å². The molecule has 0 heterocycles. The minimum absolute atomic E-state index is 0.787. The summed E-state index contributed by atoms with van der Waals surface area (Å²) in [6.45, 7) is 6.99. The van der Waals surface area contributed by atoms with Crippen molar-refractivity contribution in [1.29, 1.82) is 0 Å². The predicted octanol–water partition coefficient (Wildman–Crippen LogP) is 2.67. The molecule has 1 N–H and O–H groups in total. The summed E-state index contributed by atoms with van der Waals surface area (Å²) in [5.41, 5.74) is 0.